The average molecular weight is 859 g/mol. The van der Waals surface area contributed by atoms with Gasteiger partial charge in [-0.25, -0.2) is 17.8 Å². The molecule has 18 heteroatoms. The first-order valence-electron chi connectivity index (χ1n) is 16.0. The first-order valence-corrected chi connectivity index (χ1v) is 19.5. The maximum atomic E-state index is 16.7. The second kappa shape index (κ2) is 16.3. The number of carbonyl (C=O) groups excluding carboxylic acids is 2. The molecule has 0 saturated carbocycles. The number of hydrogen-bond acceptors (Lipinski definition) is 12. The van der Waals surface area contributed by atoms with E-state index in [0.717, 1.165) is 12.3 Å². The summed E-state index contributed by atoms with van der Waals surface area (Å²) in [6.07, 6.45) is 2.50. The third-order valence-electron chi connectivity index (χ3n) is 7.59. The number of alkyl halides is 2. The predicted molar refractivity (Wildman–Crippen MR) is 195 cm³/mol. The lowest BCUT2D eigenvalue weighted by molar-refractivity contribution is -0.425. The van der Waals surface area contributed by atoms with Gasteiger partial charge in [-0.05, 0) is 106 Å². The molecule has 12 nitrogen and oxygen atoms in total. The molecular weight excluding hydrogens is 820 g/mol. The van der Waals surface area contributed by atoms with Crippen molar-refractivity contribution in [3.8, 4) is 11.3 Å². The Morgan fingerprint density at radius 1 is 0.926 bits per heavy atom. The van der Waals surface area contributed by atoms with Crippen molar-refractivity contribution in [2.24, 2.45) is 10.8 Å². The van der Waals surface area contributed by atoms with Crippen LogP contribution in [0.25, 0.3) is 11.3 Å². The number of sulfone groups is 1. The van der Waals surface area contributed by atoms with E-state index in [4.69, 9.17) is 23.2 Å². The van der Waals surface area contributed by atoms with Gasteiger partial charge in [0.05, 0.1) is 28.5 Å². The van der Waals surface area contributed by atoms with Gasteiger partial charge in [-0.15, -0.1) is 0 Å². The molecule has 0 saturated heterocycles. The molecule has 1 aromatic heterocycles. The highest BCUT2D eigenvalue weighted by molar-refractivity contribution is 9.10. The highest BCUT2D eigenvalue weighted by Crippen LogP contribution is 2.48. The summed E-state index contributed by atoms with van der Waals surface area (Å²) < 4.78 is 109. The highest BCUT2D eigenvalue weighted by Gasteiger charge is 2.67. The maximum Gasteiger partial charge on any atom is 0.501 e. The fraction of sp³-hybridized carbons (Fsp3) is 0.361. The predicted octanol–water partition coefficient (Wildman–Crippen LogP) is 8.84. The quantitative estimate of drug-likeness (QED) is 0.0677. The average Bonchev–Trinajstić information content (AvgIpc) is 3.56. The molecule has 2 unspecified atom stereocenters. The van der Waals surface area contributed by atoms with E-state index in [1.54, 1.807) is 12.1 Å². The second-order valence-corrected chi connectivity index (χ2v) is 17.3. The second-order valence-electron chi connectivity index (χ2n) is 14.1. The third-order valence-corrected chi connectivity index (χ3v) is 9.73. The number of carbonyl (C=O) groups is 2. The topological polar surface area (TPSA) is 152 Å². The Hall–Kier alpha value is -4.15. The van der Waals surface area contributed by atoms with Crippen LogP contribution >= 0.6 is 24.6 Å². The van der Waals surface area contributed by atoms with E-state index in [-0.39, 0.29) is 27.7 Å². The Labute approximate surface area is 320 Å². The van der Waals surface area contributed by atoms with Gasteiger partial charge < -0.3 is 13.9 Å². The zero-order chi connectivity index (χ0) is 40.3. The van der Waals surface area contributed by atoms with Crippen molar-refractivity contribution in [3.05, 3.63) is 94.3 Å². The minimum absolute atomic E-state index is 0.0328. The lowest BCUT2D eigenvalue weighted by atomic mass is 9.97. The number of aromatic nitrogens is 1. The summed E-state index contributed by atoms with van der Waals surface area (Å²) in [6.45, 7) is 7.50. The lowest BCUT2D eigenvalue weighted by Crippen LogP contribution is -2.54. The number of nitrogens with zero attached hydrogens (tertiary/aromatic N) is 2. The van der Waals surface area contributed by atoms with Gasteiger partial charge in [-0.3, -0.25) is 19.2 Å². The minimum Gasteiger partial charge on any atom is -0.438 e. The highest BCUT2D eigenvalue weighted by atomic mass is 79.9. The number of ether oxygens (including phenoxy) is 3. The molecular formula is C36H38BrF3N2O10PS+. The van der Waals surface area contributed by atoms with Crippen molar-refractivity contribution in [1.82, 2.24) is 4.98 Å². The number of oxazole rings is 1. The Kier molecular flexibility index (Phi) is 12.9. The van der Waals surface area contributed by atoms with Gasteiger partial charge in [0.2, 0.25) is 0 Å². The van der Waals surface area contributed by atoms with Crippen LogP contribution in [0.4, 0.5) is 24.9 Å². The Balaban J connectivity index is 1.72. The number of hydrogen-bond donors (Lipinski definition) is 0. The molecule has 3 aromatic carbocycles. The molecule has 0 radical (unpaired) electrons. The van der Waals surface area contributed by atoms with Crippen molar-refractivity contribution < 1.29 is 58.9 Å². The van der Waals surface area contributed by atoms with Crippen molar-refractivity contribution in [3.63, 3.8) is 0 Å². The van der Waals surface area contributed by atoms with E-state index in [0.29, 0.717) is 16.8 Å². The van der Waals surface area contributed by atoms with Crippen LogP contribution in [0.1, 0.15) is 52.7 Å². The smallest absolute Gasteiger partial charge is 0.438 e. The Morgan fingerprint density at radius 2 is 1.54 bits per heavy atom. The van der Waals surface area contributed by atoms with Gasteiger partial charge in [0, 0.05) is 27.5 Å². The molecule has 2 atom stereocenters. The number of rotatable bonds is 14. The summed E-state index contributed by atoms with van der Waals surface area (Å²) in [5.41, 5.74) is -1.90. The Bertz CT molecular complexity index is 2100. The van der Waals surface area contributed by atoms with E-state index < -0.39 is 71.4 Å². The number of esters is 2. The van der Waals surface area contributed by atoms with E-state index >= 15 is 8.78 Å². The monoisotopic (exact) mass is 857 g/mol. The van der Waals surface area contributed by atoms with Gasteiger partial charge in [-0.1, -0.05) is 32.6 Å². The van der Waals surface area contributed by atoms with Crippen LogP contribution in [-0.2, 0) is 55.2 Å². The largest absolute Gasteiger partial charge is 0.501 e. The van der Waals surface area contributed by atoms with E-state index in [1.807, 2.05) is 0 Å². The molecule has 0 spiro atoms. The standard InChI is InChI=1S/C36H38BrF3N2O10PS/c1-33(2,3)30(43)48-21-49-36(52-53-45,51-31(44)34(4,5)6)35(39,40)27-17-8-22(18-28(27)37)20-42(25-13-11-24(38)12-14-25)32-41-19-29(50-32)23-9-15-26(16-10-23)54(7,46)47/h8-19,53H,20-21H2,1-7H3/q+1. The lowest BCUT2D eigenvalue weighted by Gasteiger charge is -2.35. The van der Waals surface area contributed by atoms with Crippen LogP contribution in [0.3, 0.4) is 0 Å². The molecule has 0 aliphatic heterocycles. The minimum atomic E-state index is -4.39. The molecule has 0 aliphatic carbocycles. The summed E-state index contributed by atoms with van der Waals surface area (Å²) in [5, 5.41) is 0. The van der Waals surface area contributed by atoms with Crippen LogP contribution in [0.2, 0.25) is 0 Å². The molecule has 0 N–H and O–H groups in total. The first kappa shape index (κ1) is 42.6. The van der Waals surface area contributed by atoms with Crippen LogP contribution < -0.4 is 4.90 Å². The molecule has 1 heterocycles. The van der Waals surface area contributed by atoms with Crippen molar-refractivity contribution in [1.29, 1.82) is 0 Å². The number of anilines is 2. The zero-order valence-corrected chi connectivity index (χ0v) is 33.6. The van der Waals surface area contributed by atoms with Gasteiger partial charge in [-0.2, -0.15) is 8.78 Å². The zero-order valence-electron chi connectivity index (χ0n) is 30.2. The molecule has 54 heavy (non-hydrogen) atoms. The third kappa shape index (κ3) is 9.93. The number of benzene rings is 3. The first-order chi connectivity index (χ1) is 25.0. The molecule has 0 amide bonds. The van der Waals surface area contributed by atoms with Crippen molar-refractivity contribution in [2.45, 2.75) is 64.9 Å². The normalized spacial score (nSPS) is 13.7. The molecule has 4 aromatic rings. The van der Waals surface area contributed by atoms with Gasteiger partial charge in [0.15, 0.2) is 22.4 Å². The van der Waals surface area contributed by atoms with E-state index in [9.17, 15) is 27.0 Å². The fourth-order valence-corrected chi connectivity index (χ4v) is 6.19. The molecule has 0 fully saturated rings. The van der Waals surface area contributed by atoms with Gasteiger partial charge in [0.1, 0.15) is 5.82 Å². The SMILES string of the molecule is CC(C)(C)C(=O)OCOC(O[PH+]=O)(OC(=O)C(C)(C)C)C(F)(F)c1ccc(CN(c2ccc(F)cc2)c2ncc(-c3ccc(S(C)(=O)=O)cc3)o2)cc1Br. The number of halogens is 4. The summed E-state index contributed by atoms with van der Waals surface area (Å²) in [7, 11) is -5.35. The van der Waals surface area contributed by atoms with Crippen LogP contribution in [0.5, 0.6) is 0 Å². The van der Waals surface area contributed by atoms with Crippen LogP contribution in [-0.4, -0.2) is 44.4 Å². The summed E-state index contributed by atoms with van der Waals surface area (Å²) in [4.78, 5) is 31.4. The summed E-state index contributed by atoms with van der Waals surface area (Å²) in [6, 6.07) is 14.9. The van der Waals surface area contributed by atoms with Gasteiger partial charge in [0.25, 0.3) is 0 Å². The van der Waals surface area contributed by atoms with Crippen molar-refractivity contribution in [2.75, 3.05) is 17.9 Å². The molecule has 290 valence electrons. The van der Waals surface area contributed by atoms with Crippen molar-refractivity contribution >= 4 is 58.1 Å². The maximum absolute atomic E-state index is 16.7. The van der Waals surface area contributed by atoms with Crippen LogP contribution in [0.15, 0.2) is 86.7 Å². The van der Waals surface area contributed by atoms with E-state index in [2.05, 4.69) is 20.9 Å². The van der Waals surface area contributed by atoms with E-state index in [1.165, 1.54) is 101 Å². The fourth-order valence-electron chi connectivity index (χ4n) is 4.54. The summed E-state index contributed by atoms with van der Waals surface area (Å²) in [5.74, 6) is -10.3. The summed E-state index contributed by atoms with van der Waals surface area (Å²) >= 11 is 3.17. The molecule has 0 aliphatic rings. The Morgan fingerprint density at radius 3 is 2.07 bits per heavy atom. The molecule has 4 rings (SSSR count). The van der Waals surface area contributed by atoms with Gasteiger partial charge >= 0.3 is 38.5 Å². The van der Waals surface area contributed by atoms with Crippen LogP contribution in [0, 0.1) is 16.6 Å². The molecule has 0 bridgehead atoms.